The Morgan fingerprint density at radius 3 is 2.36 bits per heavy atom. The first-order chi connectivity index (χ1) is 10.7. The minimum atomic E-state index is -0.219. The van der Waals surface area contributed by atoms with Crippen molar-refractivity contribution in [3.05, 3.63) is 60.2 Å². The number of para-hydroxylation sites is 1. The van der Waals surface area contributed by atoms with Gasteiger partial charge in [0.15, 0.2) is 0 Å². The van der Waals surface area contributed by atoms with Gasteiger partial charge in [-0.2, -0.15) is 0 Å². The number of anilines is 2. The Kier molecular flexibility index (Phi) is 5.98. The Balaban J connectivity index is 2.01. The molecule has 2 N–H and O–H groups in total. The molecule has 0 aliphatic rings. The first kappa shape index (κ1) is 16.0. The van der Waals surface area contributed by atoms with Crippen molar-refractivity contribution in [1.29, 1.82) is 0 Å². The fourth-order valence-corrected chi connectivity index (χ4v) is 2.05. The smallest absolute Gasteiger partial charge is 0.255 e. The summed E-state index contributed by atoms with van der Waals surface area (Å²) in [5.41, 5.74) is 1.81. The van der Waals surface area contributed by atoms with Crippen molar-refractivity contribution < 1.29 is 9.59 Å². The molecule has 0 spiro atoms. The van der Waals surface area contributed by atoms with Crippen LogP contribution in [0, 0.1) is 0 Å². The third-order valence-electron chi connectivity index (χ3n) is 2.98. The summed E-state index contributed by atoms with van der Waals surface area (Å²) in [6.07, 6.45) is 0.992. The molecule has 2 amide bonds. The average Bonchev–Trinajstić information content (AvgIpc) is 2.54. The van der Waals surface area contributed by atoms with Crippen LogP contribution in [0.4, 0.5) is 11.4 Å². The van der Waals surface area contributed by atoms with Gasteiger partial charge in [0.05, 0.1) is 0 Å². The number of nitrogens with one attached hydrogen (secondary N) is 2. The van der Waals surface area contributed by atoms with E-state index in [2.05, 4.69) is 10.6 Å². The predicted octanol–water partition coefficient (Wildman–Crippen LogP) is 3.90. The third kappa shape index (κ3) is 4.90. The Morgan fingerprint density at radius 2 is 1.64 bits per heavy atom. The van der Waals surface area contributed by atoms with Gasteiger partial charge in [-0.05, 0) is 36.8 Å². The van der Waals surface area contributed by atoms with E-state index in [0.717, 1.165) is 5.69 Å². The number of hydrogen-bond acceptors (Lipinski definition) is 2. The maximum Gasteiger partial charge on any atom is 0.255 e. The number of amides is 2. The van der Waals surface area contributed by atoms with Gasteiger partial charge in [0, 0.05) is 29.2 Å². The summed E-state index contributed by atoms with van der Waals surface area (Å²) >= 11 is 5.56. The lowest BCUT2D eigenvalue weighted by molar-refractivity contribution is -0.116. The molecule has 5 heteroatoms. The van der Waals surface area contributed by atoms with Crippen LogP contribution in [0.3, 0.4) is 0 Å². The zero-order valence-electron chi connectivity index (χ0n) is 12.0. The second kappa shape index (κ2) is 8.20. The Bertz CT molecular complexity index is 644. The van der Waals surface area contributed by atoms with Crippen molar-refractivity contribution in [3.8, 4) is 0 Å². The zero-order valence-corrected chi connectivity index (χ0v) is 12.8. The molecule has 0 atom stereocenters. The summed E-state index contributed by atoms with van der Waals surface area (Å²) in [4.78, 5) is 23.9. The van der Waals surface area contributed by atoms with E-state index in [4.69, 9.17) is 11.6 Å². The SMILES string of the molecule is O=C(CCCCl)Nc1cccc(C(=O)Nc2ccccc2)c1. The van der Waals surface area contributed by atoms with Crippen molar-refractivity contribution in [2.24, 2.45) is 0 Å². The van der Waals surface area contributed by atoms with E-state index in [1.165, 1.54) is 0 Å². The fourth-order valence-electron chi connectivity index (χ4n) is 1.91. The molecular formula is C17H17ClN2O2. The predicted molar refractivity (Wildman–Crippen MR) is 89.4 cm³/mol. The third-order valence-corrected chi connectivity index (χ3v) is 3.24. The van der Waals surface area contributed by atoms with Gasteiger partial charge in [-0.15, -0.1) is 11.6 Å². The van der Waals surface area contributed by atoms with Crippen LogP contribution in [0.25, 0.3) is 0 Å². The van der Waals surface area contributed by atoms with E-state index in [1.54, 1.807) is 24.3 Å². The lowest BCUT2D eigenvalue weighted by atomic mass is 10.1. The highest BCUT2D eigenvalue weighted by Crippen LogP contribution is 2.14. The highest BCUT2D eigenvalue weighted by molar-refractivity contribution is 6.18. The second-order valence-corrected chi connectivity index (χ2v) is 5.12. The van der Waals surface area contributed by atoms with Gasteiger partial charge in [0.25, 0.3) is 5.91 Å². The van der Waals surface area contributed by atoms with E-state index in [9.17, 15) is 9.59 Å². The summed E-state index contributed by atoms with van der Waals surface area (Å²) in [5.74, 6) is 0.122. The standard InChI is InChI=1S/C17H17ClN2O2/c18-11-5-10-16(21)19-15-9-4-6-13(12-15)17(22)20-14-7-2-1-3-8-14/h1-4,6-9,12H,5,10-11H2,(H,19,21)(H,20,22). The number of benzene rings is 2. The Hall–Kier alpha value is -2.33. The molecule has 0 saturated heterocycles. The zero-order chi connectivity index (χ0) is 15.8. The molecule has 0 heterocycles. The quantitative estimate of drug-likeness (QED) is 0.794. The van der Waals surface area contributed by atoms with Crippen molar-refractivity contribution in [3.63, 3.8) is 0 Å². The van der Waals surface area contributed by atoms with Crippen LogP contribution in [-0.4, -0.2) is 17.7 Å². The minimum Gasteiger partial charge on any atom is -0.326 e. The molecule has 0 aromatic heterocycles. The molecule has 114 valence electrons. The molecule has 0 unspecified atom stereocenters. The molecule has 22 heavy (non-hydrogen) atoms. The van der Waals surface area contributed by atoms with Gasteiger partial charge in [0.1, 0.15) is 0 Å². The van der Waals surface area contributed by atoms with Gasteiger partial charge in [-0.3, -0.25) is 9.59 Å². The summed E-state index contributed by atoms with van der Waals surface area (Å²) in [6, 6.07) is 16.0. The van der Waals surface area contributed by atoms with E-state index >= 15 is 0 Å². The first-order valence-electron chi connectivity index (χ1n) is 7.01. The van der Waals surface area contributed by atoms with Crippen LogP contribution in [0.5, 0.6) is 0 Å². The highest BCUT2D eigenvalue weighted by Gasteiger charge is 2.08. The van der Waals surface area contributed by atoms with Crippen molar-refractivity contribution in [2.45, 2.75) is 12.8 Å². The van der Waals surface area contributed by atoms with Gasteiger partial charge in [0.2, 0.25) is 5.91 Å². The average molecular weight is 317 g/mol. The number of alkyl halides is 1. The first-order valence-corrected chi connectivity index (χ1v) is 7.55. The summed E-state index contributed by atoms with van der Waals surface area (Å²) in [5, 5.41) is 5.56. The van der Waals surface area contributed by atoms with Gasteiger partial charge in [-0.1, -0.05) is 24.3 Å². The summed E-state index contributed by atoms with van der Waals surface area (Å²) in [7, 11) is 0. The fraction of sp³-hybridized carbons (Fsp3) is 0.176. The number of halogens is 1. The topological polar surface area (TPSA) is 58.2 Å². The molecule has 0 aliphatic heterocycles. The highest BCUT2D eigenvalue weighted by atomic mass is 35.5. The largest absolute Gasteiger partial charge is 0.326 e. The van der Waals surface area contributed by atoms with E-state index in [1.807, 2.05) is 30.3 Å². The molecule has 4 nitrogen and oxygen atoms in total. The molecule has 2 rings (SSSR count). The summed E-state index contributed by atoms with van der Waals surface area (Å²) < 4.78 is 0. The van der Waals surface area contributed by atoms with Crippen molar-refractivity contribution >= 4 is 34.8 Å². The number of hydrogen-bond donors (Lipinski definition) is 2. The number of carbonyl (C=O) groups is 2. The molecular weight excluding hydrogens is 300 g/mol. The number of rotatable bonds is 6. The maximum atomic E-state index is 12.2. The molecule has 2 aromatic rings. The lowest BCUT2D eigenvalue weighted by Crippen LogP contribution is -2.14. The molecule has 0 fully saturated rings. The lowest BCUT2D eigenvalue weighted by Gasteiger charge is -2.08. The van der Waals surface area contributed by atoms with Crippen LogP contribution in [0.2, 0.25) is 0 Å². The Morgan fingerprint density at radius 1 is 0.909 bits per heavy atom. The van der Waals surface area contributed by atoms with E-state index < -0.39 is 0 Å². The van der Waals surface area contributed by atoms with Crippen LogP contribution in [0.15, 0.2) is 54.6 Å². The Labute approximate surface area is 134 Å². The van der Waals surface area contributed by atoms with Crippen LogP contribution in [-0.2, 0) is 4.79 Å². The van der Waals surface area contributed by atoms with E-state index in [0.29, 0.717) is 30.0 Å². The van der Waals surface area contributed by atoms with Gasteiger partial charge in [-0.25, -0.2) is 0 Å². The van der Waals surface area contributed by atoms with Crippen LogP contribution in [0.1, 0.15) is 23.2 Å². The maximum absolute atomic E-state index is 12.2. The molecule has 0 saturated carbocycles. The van der Waals surface area contributed by atoms with Crippen LogP contribution < -0.4 is 10.6 Å². The minimum absolute atomic E-state index is 0.110. The number of carbonyl (C=O) groups excluding carboxylic acids is 2. The van der Waals surface area contributed by atoms with Gasteiger partial charge >= 0.3 is 0 Å². The van der Waals surface area contributed by atoms with Gasteiger partial charge < -0.3 is 10.6 Å². The molecule has 2 aromatic carbocycles. The van der Waals surface area contributed by atoms with Crippen molar-refractivity contribution in [2.75, 3.05) is 16.5 Å². The molecule has 0 bridgehead atoms. The van der Waals surface area contributed by atoms with Crippen LogP contribution >= 0.6 is 11.6 Å². The normalized spacial score (nSPS) is 10.0. The summed E-state index contributed by atoms with van der Waals surface area (Å²) in [6.45, 7) is 0. The van der Waals surface area contributed by atoms with E-state index in [-0.39, 0.29) is 11.8 Å². The molecule has 0 aliphatic carbocycles. The molecule has 0 radical (unpaired) electrons. The van der Waals surface area contributed by atoms with Crippen molar-refractivity contribution in [1.82, 2.24) is 0 Å². The monoisotopic (exact) mass is 316 g/mol. The second-order valence-electron chi connectivity index (χ2n) is 4.74.